The molecule has 1 aromatic heterocycles. The molecule has 1 fully saturated rings. The Kier molecular flexibility index (Phi) is 4.27. The Hall–Kier alpha value is -1.57. The number of carbonyl (C=O) groups excluding carboxylic acids is 1. The van der Waals surface area contributed by atoms with Gasteiger partial charge in [0, 0.05) is 26.3 Å². The maximum Gasteiger partial charge on any atom is 0.414 e. The van der Waals surface area contributed by atoms with Crippen LogP contribution in [0.2, 0.25) is 0 Å². The first-order chi connectivity index (χ1) is 9.70. The number of aliphatic hydroxyl groups is 1. The van der Waals surface area contributed by atoms with Gasteiger partial charge in [0.15, 0.2) is 6.10 Å². The largest absolute Gasteiger partial charge is 0.414 e. The van der Waals surface area contributed by atoms with Crippen molar-refractivity contribution in [2.75, 3.05) is 13.1 Å². The SMILES string of the molecule is Cc1nn(C)cc1C(=O)N1CCC(C(O)C(F)(F)F)CC1. The molecule has 1 atom stereocenters. The Morgan fingerprint density at radius 3 is 2.43 bits per heavy atom. The predicted molar refractivity (Wildman–Crippen MR) is 68.6 cm³/mol. The summed E-state index contributed by atoms with van der Waals surface area (Å²) in [6, 6.07) is 0. The maximum atomic E-state index is 12.5. The lowest BCUT2D eigenvalue weighted by Crippen LogP contribution is -2.45. The Balaban J connectivity index is 1.98. The molecule has 0 saturated carbocycles. The highest BCUT2D eigenvalue weighted by Gasteiger charge is 2.44. The number of rotatable bonds is 2. The highest BCUT2D eigenvalue weighted by Crippen LogP contribution is 2.31. The van der Waals surface area contributed by atoms with Crippen LogP contribution in [0, 0.1) is 12.8 Å². The Labute approximate surface area is 120 Å². The summed E-state index contributed by atoms with van der Waals surface area (Å²) in [6.45, 7) is 2.14. The van der Waals surface area contributed by atoms with E-state index in [4.69, 9.17) is 0 Å². The highest BCUT2D eigenvalue weighted by atomic mass is 19.4. The Morgan fingerprint density at radius 1 is 1.43 bits per heavy atom. The molecule has 118 valence electrons. The number of aliphatic hydroxyl groups excluding tert-OH is 1. The van der Waals surface area contributed by atoms with E-state index in [-0.39, 0.29) is 31.8 Å². The number of aryl methyl sites for hydroxylation is 2. The van der Waals surface area contributed by atoms with E-state index in [9.17, 15) is 23.1 Å². The molecule has 1 unspecified atom stereocenters. The minimum Gasteiger partial charge on any atom is -0.383 e. The van der Waals surface area contributed by atoms with E-state index in [0.29, 0.717) is 11.3 Å². The van der Waals surface area contributed by atoms with Crippen LogP contribution in [0.1, 0.15) is 28.9 Å². The molecule has 0 aromatic carbocycles. The van der Waals surface area contributed by atoms with Crippen molar-refractivity contribution >= 4 is 5.91 Å². The fraction of sp³-hybridized carbons (Fsp3) is 0.692. The van der Waals surface area contributed by atoms with Crippen molar-refractivity contribution in [3.63, 3.8) is 0 Å². The quantitative estimate of drug-likeness (QED) is 0.901. The van der Waals surface area contributed by atoms with Gasteiger partial charge in [-0.25, -0.2) is 0 Å². The van der Waals surface area contributed by atoms with E-state index in [2.05, 4.69) is 5.10 Å². The van der Waals surface area contributed by atoms with Gasteiger partial charge in [-0.1, -0.05) is 0 Å². The molecule has 8 heteroatoms. The Bertz CT molecular complexity index is 519. The molecule has 1 aliphatic heterocycles. The molecule has 1 saturated heterocycles. The summed E-state index contributed by atoms with van der Waals surface area (Å²) in [4.78, 5) is 13.8. The minimum absolute atomic E-state index is 0.145. The monoisotopic (exact) mass is 305 g/mol. The van der Waals surface area contributed by atoms with Gasteiger partial charge in [-0.05, 0) is 25.7 Å². The van der Waals surface area contributed by atoms with Crippen LogP contribution in [0.4, 0.5) is 13.2 Å². The molecular weight excluding hydrogens is 287 g/mol. The van der Waals surface area contributed by atoms with Gasteiger partial charge in [0.2, 0.25) is 0 Å². The third kappa shape index (κ3) is 3.37. The lowest BCUT2D eigenvalue weighted by Gasteiger charge is -2.34. The van der Waals surface area contributed by atoms with Crippen molar-refractivity contribution in [3.8, 4) is 0 Å². The number of hydrogen-bond acceptors (Lipinski definition) is 3. The zero-order valence-electron chi connectivity index (χ0n) is 11.9. The Morgan fingerprint density at radius 2 is 2.00 bits per heavy atom. The van der Waals surface area contributed by atoms with E-state index >= 15 is 0 Å². The van der Waals surface area contributed by atoms with Crippen LogP contribution in [0.5, 0.6) is 0 Å². The number of amides is 1. The van der Waals surface area contributed by atoms with E-state index < -0.39 is 18.2 Å². The van der Waals surface area contributed by atoms with Crippen LogP contribution in [0.25, 0.3) is 0 Å². The summed E-state index contributed by atoms with van der Waals surface area (Å²) in [5.74, 6) is -1.07. The molecule has 2 rings (SSSR count). The molecule has 0 spiro atoms. The third-order valence-corrected chi connectivity index (χ3v) is 3.85. The molecule has 21 heavy (non-hydrogen) atoms. The maximum absolute atomic E-state index is 12.5. The zero-order valence-corrected chi connectivity index (χ0v) is 11.9. The molecule has 0 aliphatic carbocycles. The molecule has 2 heterocycles. The molecule has 1 aliphatic rings. The van der Waals surface area contributed by atoms with Crippen molar-refractivity contribution < 1.29 is 23.1 Å². The molecule has 0 radical (unpaired) electrons. The van der Waals surface area contributed by atoms with Gasteiger partial charge in [0.1, 0.15) is 0 Å². The smallest absolute Gasteiger partial charge is 0.383 e. The van der Waals surface area contributed by atoms with Crippen molar-refractivity contribution in [2.24, 2.45) is 13.0 Å². The molecule has 5 nitrogen and oxygen atoms in total. The van der Waals surface area contributed by atoms with Gasteiger partial charge < -0.3 is 10.0 Å². The molecular formula is C13H18F3N3O2. The van der Waals surface area contributed by atoms with Gasteiger partial charge in [-0.3, -0.25) is 9.48 Å². The number of carbonyl (C=O) groups is 1. The number of nitrogens with zero attached hydrogens (tertiary/aromatic N) is 3. The standard InChI is InChI=1S/C13H18F3N3O2/c1-8-10(7-18(2)17-8)12(21)19-5-3-9(4-6-19)11(20)13(14,15)16/h7,9,11,20H,3-6H2,1-2H3. The summed E-state index contributed by atoms with van der Waals surface area (Å²) in [5, 5.41) is 13.3. The van der Waals surface area contributed by atoms with Gasteiger partial charge in [-0.2, -0.15) is 18.3 Å². The number of piperidine rings is 1. The second-order valence-corrected chi connectivity index (χ2v) is 5.42. The van der Waals surface area contributed by atoms with Gasteiger partial charge in [0.25, 0.3) is 5.91 Å². The second-order valence-electron chi connectivity index (χ2n) is 5.42. The first kappa shape index (κ1) is 15.8. The van der Waals surface area contributed by atoms with E-state index in [1.165, 1.54) is 9.58 Å². The number of aromatic nitrogens is 2. The van der Waals surface area contributed by atoms with Crippen molar-refractivity contribution in [1.29, 1.82) is 0 Å². The number of hydrogen-bond donors (Lipinski definition) is 1. The van der Waals surface area contributed by atoms with Crippen LogP contribution in [0.3, 0.4) is 0 Å². The number of halogens is 3. The number of alkyl halides is 3. The van der Waals surface area contributed by atoms with Crippen LogP contribution in [-0.2, 0) is 7.05 Å². The summed E-state index contributed by atoms with van der Waals surface area (Å²) in [6.07, 6.45) is -5.02. The summed E-state index contributed by atoms with van der Waals surface area (Å²) in [5.41, 5.74) is 1.06. The fourth-order valence-electron chi connectivity index (χ4n) is 2.67. The average Bonchev–Trinajstić information content (AvgIpc) is 2.75. The van der Waals surface area contributed by atoms with Crippen LogP contribution < -0.4 is 0 Å². The van der Waals surface area contributed by atoms with Crippen molar-refractivity contribution in [3.05, 3.63) is 17.5 Å². The van der Waals surface area contributed by atoms with E-state index in [1.807, 2.05) is 0 Å². The van der Waals surface area contributed by atoms with Crippen LogP contribution in [0.15, 0.2) is 6.20 Å². The molecule has 1 N–H and O–H groups in total. The van der Waals surface area contributed by atoms with Crippen molar-refractivity contribution in [2.45, 2.75) is 32.0 Å². The van der Waals surface area contributed by atoms with Crippen molar-refractivity contribution in [1.82, 2.24) is 14.7 Å². The first-order valence-corrected chi connectivity index (χ1v) is 6.74. The van der Waals surface area contributed by atoms with Gasteiger partial charge in [0.05, 0.1) is 11.3 Å². The minimum atomic E-state index is -4.60. The third-order valence-electron chi connectivity index (χ3n) is 3.85. The van der Waals surface area contributed by atoms with Gasteiger partial charge >= 0.3 is 6.18 Å². The summed E-state index contributed by atoms with van der Waals surface area (Å²) < 4.78 is 38.9. The first-order valence-electron chi connectivity index (χ1n) is 6.74. The zero-order chi connectivity index (χ0) is 15.8. The highest BCUT2D eigenvalue weighted by molar-refractivity contribution is 5.95. The van der Waals surface area contributed by atoms with Crippen LogP contribution in [-0.4, -0.2) is 51.1 Å². The van der Waals surface area contributed by atoms with E-state index in [0.717, 1.165) is 0 Å². The van der Waals surface area contributed by atoms with Gasteiger partial charge in [-0.15, -0.1) is 0 Å². The number of likely N-dealkylation sites (tertiary alicyclic amines) is 1. The fourth-order valence-corrected chi connectivity index (χ4v) is 2.67. The lowest BCUT2D eigenvalue weighted by molar-refractivity contribution is -0.222. The topological polar surface area (TPSA) is 58.4 Å². The summed E-state index contributed by atoms with van der Waals surface area (Å²) >= 11 is 0. The normalized spacial score (nSPS) is 18.9. The average molecular weight is 305 g/mol. The second kappa shape index (κ2) is 5.67. The van der Waals surface area contributed by atoms with E-state index in [1.54, 1.807) is 20.2 Å². The summed E-state index contributed by atoms with van der Waals surface area (Å²) in [7, 11) is 1.70. The molecule has 0 bridgehead atoms. The molecule has 1 amide bonds. The predicted octanol–water partition coefficient (Wildman–Crippen LogP) is 1.50. The van der Waals surface area contributed by atoms with Crippen LogP contribution >= 0.6 is 0 Å². The lowest BCUT2D eigenvalue weighted by atomic mass is 9.90. The molecule has 1 aromatic rings.